The molecule has 1 aliphatic carbocycles. The summed E-state index contributed by atoms with van der Waals surface area (Å²) in [5, 5.41) is 0. The van der Waals surface area contributed by atoms with Crippen LogP contribution in [-0.2, 0) is 4.79 Å². The number of ketones is 1. The van der Waals surface area contributed by atoms with E-state index >= 15 is 0 Å². The van der Waals surface area contributed by atoms with E-state index in [-0.39, 0.29) is 0 Å². The molecule has 1 nitrogen and oxygen atoms in total. The average molecular weight is 203 g/mol. The Balaban J connectivity index is 2.24. The lowest BCUT2D eigenvalue weighted by Gasteiger charge is -2.11. The van der Waals surface area contributed by atoms with Crippen molar-refractivity contribution in [2.75, 3.05) is 5.88 Å². The van der Waals surface area contributed by atoms with E-state index in [2.05, 4.69) is 0 Å². The van der Waals surface area contributed by atoms with Gasteiger partial charge in [-0.25, -0.2) is 0 Å². The maximum atomic E-state index is 11.6. The van der Waals surface area contributed by atoms with Crippen LogP contribution in [0.2, 0.25) is 0 Å². The Morgan fingerprint density at radius 2 is 2.08 bits per heavy atom. The smallest absolute Gasteiger partial charge is 0.135 e. The molecule has 0 unspecified atom stereocenters. The van der Waals surface area contributed by atoms with Crippen LogP contribution in [0.25, 0.3) is 0 Å². The Morgan fingerprint density at radius 1 is 1.23 bits per heavy atom. The SMILES string of the molecule is O=C1CCCCC[C@H]1CCCCCl. The highest BCUT2D eigenvalue weighted by molar-refractivity contribution is 6.17. The number of alkyl halides is 1. The number of Topliss-reactive ketones (excluding diaryl/α,β-unsaturated/α-hetero) is 1. The van der Waals surface area contributed by atoms with E-state index in [1.165, 1.54) is 12.8 Å². The Kier molecular flexibility index (Phi) is 5.45. The average Bonchev–Trinajstić information content (AvgIpc) is 2.32. The summed E-state index contributed by atoms with van der Waals surface area (Å²) in [6, 6.07) is 0. The number of unbranched alkanes of at least 4 members (excludes halogenated alkanes) is 1. The van der Waals surface area contributed by atoms with Crippen LogP contribution in [0, 0.1) is 5.92 Å². The first-order valence-electron chi connectivity index (χ1n) is 5.43. The van der Waals surface area contributed by atoms with Crippen molar-refractivity contribution in [1.29, 1.82) is 0 Å². The molecule has 0 aromatic heterocycles. The Morgan fingerprint density at radius 3 is 2.85 bits per heavy atom. The minimum Gasteiger partial charge on any atom is -0.299 e. The van der Waals surface area contributed by atoms with E-state index in [4.69, 9.17) is 11.6 Å². The number of halogens is 1. The van der Waals surface area contributed by atoms with E-state index < -0.39 is 0 Å². The van der Waals surface area contributed by atoms with Gasteiger partial charge in [0.15, 0.2) is 0 Å². The zero-order chi connectivity index (χ0) is 9.52. The monoisotopic (exact) mass is 202 g/mol. The van der Waals surface area contributed by atoms with Crippen LogP contribution >= 0.6 is 11.6 Å². The molecule has 0 heterocycles. The first kappa shape index (κ1) is 11.0. The van der Waals surface area contributed by atoms with Gasteiger partial charge >= 0.3 is 0 Å². The van der Waals surface area contributed by atoms with Crippen LogP contribution < -0.4 is 0 Å². The summed E-state index contributed by atoms with van der Waals surface area (Å²) in [6.07, 6.45) is 8.82. The summed E-state index contributed by atoms with van der Waals surface area (Å²) in [5.74, 6) is 1.61. The van der Waals surface area contributed by atoms with Gasteiger partial charge in [-0.05, 0) is 25.7 Å². The zero-order valence-corrected chi connectivity index (χ0v) is 8.98. The van der Waals surface area contributed by atoms with Gasteiger partial charge in [0.25, 0.3) is 0 Å². The van der Waals surface area contributed by atoms with Crippen LogP contribution in [0.1, 0.15) is 51.4 Å². The fourth-order valence-electron chi connectivity index (χ4n) is 2.02. The fraction of sp³-hybridized carbons (Fsp3) is 0.909. The van der Waals surface area contributed by atoms with Gasteiger partial charge in [-0.1, -0.05) is 19.3 Å². The summed E-state index contributed by atoms with van der Waals surface area (Å²) in [5.41, 5.74) is 0. The van der Waals surface area contributed by atoms with E-state index in [0.29, 0.717) is 11.7 Å². The maximum absolute atomic E-state index is 11.6. The molecule has 13 heavy (non-hydrogen) atoms. The fourth-order valence-corrected chi connectivity index (χ4v) is 2.21. The number of carbonyl (C=O) groups excluding carboxylic acids is 1. The molecule has 0 radical (unpaired) electrons. The van der Waals surface area contributed by atoms with Crippen molar-refractivity contribution in [3.8, 4) is 0 Å². The van der Waals surface area contributed by atoms with Crippen molar-refractivity contribution in [1.82, 2.24) is 0 Å². The predicted molar refractivity (Wildman–Crippen MR) is 56.2 cm³/mol. The normalized spacial score (nSPS) is 24.4. The molecule has 0 amide bonds. The summed E-state index contributed by atoms with van der Waals surface area (Å²) in [6.45, 7) is 0. The van der Waals surface area contributed by atoms with Crippen LogP contribution in [-0.4, -0.2) is 11.7 Å². The van der Waals surface area contributed by atoms with Gasteiger partial charge in [0.05, 0.1) is 0 Å². The van der Waals surface area contributed by atoms with Crippen molar-refractivity contribution in [3.63, 3.8) is 0 Å². The number of hydrogen-bond acceptors (Lipinski definition) is 1. The van der Waals surface area contributed by atoms with Crippen molar-refractivity contribution in [2.45, 2.75) is 51.4 Å². The second kappa shape index (κ2) is 6.42. The highest BCUT2D eigenvalue weighted by Crippen LogP contribution is 2.24. The van der Waals surface area contributed by atoms with E-state index in [9.17, 15) is 4.79 Å². The maximum Gasteiger partial charge on any atom is 0.135 e. The topological polar surface area (TPSA) is 17.1 Å². The molecule has 0 bridgehead atoms. The van der Waals surface area contributed by atoms with Crippen molar-refractivity contribution >= 4 is 17.4 Å². The molecule has 2 heteroatoms. The van der Waals surface area contributed by atoms with Crippen molar-refractivity contribution < 1.29 is 4.79 Å². The second-order valence-electron chi connectivity index (χ2n) is 3.95. The molecule has 1 atom stereocenters. The lowest BCUT2D eigenvalue weighted by Crippen LogP contribution is -2.12. The summed E-state index contributed by atoms with van der Waals surface area (Å²) in [7, 11) is 0. The summed E-state index contributed by atoms with van der Waals surface area (Å²) in [4.78, 5) is 11.6. The molecule has 0 spiro atoms. The molecule has 0 saturated heterocycles. The van der Waals surface area contributed by atoms with Crippen molar-refractivity contribution in [3.05, 3.63) is 0 Å². The van der Waals surface area contributed by atoms with Crippen LogP contribution in [0.4, 0.5) is 0 Å². The Bertz CT molecular complexity index is 156. The minimum absolute atomic E-state index is 0.366. The molecular formula is C11H19ClO. The number of hydrogen-bond donors (Lipinski definition) is 0. The zero-order valence-electron chi connectivity index (χ0n) is 8.23. The number of rotatable bonds is 4. The van der Waals surface area contributed by atoms with Crippen LogP contribution in [0.5, 0.6) is 0 Å². The Hall–Kier alpha value is -0.0400. The first-order valence-corrected chi connectivity index (χ1v) is 5.96. The van der Waals surface area contributed by atoms with E-state index in [0.717, 1.165) is 44.4 Å². The molecule has 76 valence electrons. The summed E-state index contributed by atoms with van der Waals surface area (Å²) < 4.78 is 0. The van der Waals surface area contributed by atoms with Gasteiger partial charge in [0.1, 0.15) is 5.78 Å². The lowest BCUT2D eigenvalue weighted by molar-refractivity contribution is -0.122. The third-order valence-electron chi connectivity index (χ3n) is 2.87. The quantitative estimate of drug-likeness (QED) is 0.387. The third kappa shape index (κ3) is 4.12. The highest BCUT2D eigenvalue weighted by atomic mass is 35.5. The molecule has 0 aliphatic heterocycles. The van der Waals surface area contributed by atoms with Gasteiger partial charge in [-0.2, -0.15) is 0 Å². The second-order valence-corrected chi connectivity index (χ2v) is 4.33. The van der Waals surface area contributed by atoms with Crippen LogP contribution in [0.3, 0.4) is 0 Å². The van der Waals surface area contributed by atoms with E-state index in [1.807, 2.05) is 0 Å². The minimum atomic E-state index is 0.366. The molecule has 1 rings (SSSR count). The van der Waals surface area contributed by atoms with E-state index in [1.54, 1.807) is 0 Å². The highest BCUT2D eigenvalue weighted by Gasteiger charge is 2.19. The first-order chi connectivity index (χ1) is 6.34. The molecule has 0 aromatic rings. The molecule has 0 aromatic carbocycles. The molecule has 1 saturated carbocycles. The van der Waals surface area contributed by atoms with Gasteiger partial charge in [0, 0.05) is 18.2 Å². The van der Waals surface area contributed by atoms with Gasteiger partial charge < -0.3 is 0 Å². The Labute approximate surface area is 85.8 Å². The predicted octanol–water partition coefficient (Wildman–Crippen LogP) is 3.54. The standard InChI is InChI=1S/C11H19ClO/c12-9-5-4-7-10-6-2-1-3-8-11(10)13/h10H,1-9H2/t10-/m0/s1. The van der Waals surface area contributed by atoms with Gasteiger partial charge in [-0.15, -0.1) is 11.6 Å². The van der Waals surface area contributed by atoms with Crippen LogP contribution in [0.15, 0.2) is 0 Å². The largest absolute Gasteiger partial charge is 0.299 e. The molecular weight excluding hydrogens is 184 g/mol. The lowest BCUT2D eigenvalue weighted by atomic mass is 9.93. The molecule has 0 N–H and O–H groups in total. The molecule has 1 aliphatic rings. The van der Waals surface area contributed by atoms with Gasteiger partial charge in [0.2, 0.25) is 0 Å². The summed E-state index contributed by atoms with van der Waals surface area (Å²) >= 11 is 5.60. The molecule has 1 fully saturated rings. The number of carbonyl (C=O) groups is 1. The van der Waals surface area contributed by atoms with Crippen molar-refractivity contribution in [2.24, 2.45) is 5.92 Å². The van der Waals surface area contributed by atoms with Gasteiger partial charge in [-0.3, -0.25) is 4.79 Å². The third-order valence-corrected chi connectivity index (χ3v) is 3.13.